The number of rotatable bonds is 8. The fourth-order valence-corrected chi connectivity index (χ4v) is 2.61. The molecule has 0 aliphatic carbocycles. The first-order valence-electron chi connectivity index (χ1n) is 9.52. The van der Waals surface area contributed by atoms with Gasteiger partial charge in [0.25, 0.3) is 0 Å². The monoisotopic (exact) mass is 397 g/mol. The molecule has 2 aromatic carbocycles. The minimum atomic E-state index is -0.911. The maximum absolute atomic E-state index is 12.4. The third-order valence-corrected chi connectivity index (χ3v) is 4.58. The summed E-state index contributed by atoms with van der Waals surface area (Å²) in [6.07, 6.45) is -0.718. The van der Waals surface area contributed by atoms with Crippen LogP contribution < -0.4 is 5.32 Å². The number of hydrogen-bond acceptors (Lipinski definition) is 5. The van der Waals surface area contributed by atoms with Crippen LogP contribution in [0.3, 0.4) is 0 Å². The van der Waals surface area contributed by atoms with Crippen molar-refractivity contribution < 1.29 is 23.9 Å². The molecule has 0 heterocycles. The fraction of sp³-hybridized carbons (Fsp3) is 0.348. The van der Waals surface area contributed by atoms with Crippen molar-refractivity contribution in [2.75, 3.05) is 6.61 Å². The Balaban J connectivity index is 1.88. The highest BCUT2D eigenvalue weighted by atomic mass is 16.6. The van der Waals surface area contributed by atoms with Crippen molar-refractivity contribution in [3.05, 3.63) is 70.8 Å². The van der Waals surface area contributed by atoms with Gasteiger partial charge < -0.3 is 14.8 Å². The lowest BCUT2D eigenvalue weighted by molar-refractivity contribution is -0.146. The van der Waals surface area contributed by atoms with Crippen LogP contribution in [-0.2, 0) is 20.9 Å². The Kier molecular flexibility index (Phi) is 7.95. The number of nitrogens with one attached hydrogen (secondary N) is 1. The van der Waals surface area contributed by atoms with Gasteiger partial charge in [0.15, 0.2) is 12.4 Å². The predicted molar refractivity (Wildman–Crippen MR) is 110 cm³/mol. The first kappa shape index (κ1) is 22.1. The maximum atomic E-state index is 12.4. The second-order valence-corrected chi connectivity index (χ2v) is 7.26. The van der Waals surface area contributed by atoms with Crippen molar-refractivity contribution in [3.8, 4) is 0 Å². The summed E-state index contributed by atoms with van der Waals surface area (Å²) < 4.78 is 10.3. The lowest BCUT2D eigenvalue weighted by Gasteiger charge is -2.20. The molecule has 0 spiro atoms. The number of esters is 1. The van der Waals surface area contributed by atoms with Crippen LogP contribution in [0.1, 0.15) is 40.9 Å². The van der Waals surface area contributed by atoms with Crippen LogP contribution in [0.5, 0.6) is 0 Å². The number of amides is 1. The van der Waals surface area contributed by atoms with E-state index in [9.17, 15) is 14.4 Å². The third kappa shape index (κ3) is 6.75. The molecule has 1 amide bonds. The van der Waals surface area contributed by atoms with E-state index in [1.54, 1.807) is 26.0 Å². The van der Waals surface area contributed by atoms with Crippen LogP contribution in [0.15, 0.2) is 48.5 Å². The zero-order valence-electron chi connectivity index (χ0n) is 17.2. The van der Waals surface area contributed by atoms with Gasteiger partial charge in [-0.25, -0.2) is 9.59 Å². The highest BCUT2D eigenvalue weighted by molar-refractivity contribution is 5.98. The summed E-state index contributed by atoms with van der Waals surface area (Å²) >= 11 is 0. The van der Waals surface area contributed by atoms with Gasteiger partial charge >= 0.3 is 12.1 Å². The summed E-state index contributed by atoms with van der Waals surface area (Å²) in [5, 5.41) is 2.52. The summed E-state index contributed by atoms with van der Waals surface area (Å²) in [6.45, 7) is 7.13. The molecular weight excluding hydrogens is 370 g/mol. The van der Waals surface area contributed by atoms with Crippen LogP contribution in [0.2, 0.25) is 0 Å². The summed E-state index contributed by atoms with van der Waals surface area (Å²) in [5.41, 5.74) is 3.39. The second kappa shape index (κ2) is 10.4. The van der Waals surface area contributed by atoms with Crippen LogP contribution in [0, 0.1) is 19.8 Å². The Hall–Kier alpha value is -3.15. The molecule has 0 radical (unpaired) electrons. The number of hydrogen-bond donors (Lipinski definition) is 1. The molecule has 2 aromatic rings. The number of Topliss-reactive ketones (excluding diaryl/α,β-unsaturated/α-hetero) is 1. The smallest absolute Gasteiger partial charge is 0.408 e. The number of carbonyl (C=O) groups is 3. The molecule has 0 saturated heterocycles. The fourth-order valence-electron chi connectivity index (χ4n) is 2.61. The van der Waals surface area contributed by atoms with Crippen molar-refractivity contribution >= 4 is 17.8 Å². The molecule has 2 rings (SSSR count). The molecule has 6 heteroatoms. The molecule has 154 valence electrons. The zero-order valence-corrected chi connectivity index (χ0v) is 17.2. The lowest BCUT2D eigenvalue weighted by Crippen LogP contribution is -2.45. The Bertz CT molecular complexity index is 861. The molecule has 0 unspecified atom stereocenters. The normalized spacial score (nSPS) is 11.6. The van der Waals surface area contributed by atoms with E-state index in [-0.39, 0.29) is 24.9 Å². The SMILES string of the molecule is Cc1ccc(C(=O)COC(=O)[C@@H](NC(=O)OCc2ccccc2)C(C)C)cc1C. The van der Waals surface area contributed by atoms with Crippen LogP contribution >= 0.6 is 0 Å². The molecule has 29 heavy (non-hydrogen) atoms. The Morgan fingerprint density at radius 1 is 0.931 bits per heavy atom. The molecule has 0 aliphatic rings. The quantitative estimate of drug-likeness (QED) is 0.538. The van der Waals surface area contributed by atoms with Gasteiger partial charge in [0.05, 0.1) is 0 Å². The van der Waals surface area contributed by atoms with Crippen molar-refractivity contribution in [1.29, 1.82) is 0 Å². The Morgan fingerprint density at radius 2 is 1.62 bits per heavy atom. The molecule has 1 atom stereocenters. The number of carbonyl (C=O) groups excluding carboxylic acids is 3. The van der Waals surface area contributed by atoms with Gasteiger partial charge in [-0.05, 0) is 42.5 Å². The summed E-state index contributed by atoms with van der Waals surface area (Å²) in [7, 11) is 0. The molecule has 1 N–H and O–H groups in total. The van der Waals surface area contributed by atoms with E-state index in [4.69, 9.17) is 9.47 Å². The maximum Gasteiger partial charge on any atom is 0.408 e. The highest BCUT2D eigenvalue weighted by Gasteiger charge is 2.27. The Labute approximate surface area is 171 Å². The van der Waals surface area contributed by atoms with Crippen LogP contribution in [0.4, 0.5) is 4.79 Å². The Morgan fingerprint density at radius 3 is 2.24 bits per heavy atom. The van der Waals surface area contributed by atoms with Gasteiger partial charge in [-0.3, -0.25) is 4.79 Å². The second-order valence-electron chi connectivity index (χ2n) is 7.26. The van der Waals surface area contributed by atoms with Gasteiger partial charge in [-0.15, -0.1) is 0 Å². The molecule has 0 bridgehead atoms. The van der Waals surface area contributed by atoms with Crippen LogP contribution in [-0.4, -0.2) is 30.5 Å². The minimum absolute atomic E-state index is 0.0950. The lowest BCUT2D eigenvalue weighted by atomic mass is 10.0. The highest BCUT2D eigenvalue weighted by Crippen LogP contribution is 2.11. The average molecular weight is 397 g/mol. The van der Waals surface area contributed by atoms with Gasteiger partial charge in [-0.1, -0.05) is 56.3 Å². The van der Waals surface area contributed by atoms with E-state index in [0.717, 1.165) is 16.7 Å². The third-order valence-electron chi connectivity index (χ3n) is 4.58. The first-order chi connectivity index (χ1) is 13.8. The molecule has 0 saturated carbocycles. The summed E-state index contributed by atoms with van der Waals surface area (Å²) in [6, 6.07) is 13.6. The van der Waals surface area contributed by atoms with Crippen molar-refractivity contribution in [3.63, 3.8) is 0 Å². The van der Waals surface area contributed by atoms with E-state index >= 15 is 0 Å². The van der Waals surface area contributed by atoms with Crippen molar-refractivity contribution in [1.82, 2.24) is 5.32 Å². The summed E-state index contributed by atoms with van der Waals surface area (Å²) in [4.78, 5) is 36.8. The van der Waals surface area contributed by atoms with E-state index in [0.29, 0.717) is 5.56 Å². The topological polar surface area (TPSA) is 81.7 Å². The molecule has 0 aliphatic heterocycles. The number of benzene rings is 2. The van der Waals surface area contributed by atoms with Crippen LogP contribution in [0.25, 0.3) is 0 Å². The molecule has 0 aromatic heterocycles. The number of alkyl carbamates (subject to hydrolysis) is 1. The largest absolute Gasteiger partial charge is 0.456 e. The zero-order chi connectivity index (χ0) is 21.4. The van der Waals surface area contributed by atoms with E-state index in [1.807, 2.05) is 50.2 Å². The van der Waals surface area contributed by atoms with Crippen molar-refractivity contribution in [2.45, 2.75) is 40.3 Å². The van der Waals surface area contributed by atoms with Crippen molar-refractivity contribution in [2.24, 2.45) is 5.92 Å². The van der Waals surface area contributed by atoms with Gasteiger partial charge in [-0.2, -0.15) is 0 Å². The summed E-state index contributed by atoms with van der Waals surface area (Å²) in [5.74, 6) is -1.20. The molecule has 0 fully saturated rings. The predicted octanol–water partition coefficient (Wildman–Crippen LogP) is 3.98. The van der Waals surface area contributed by atoms with Gasteiger partial charge in [0.1, 0.15) is 12.6 Å². The molecule has 6 nitrogen and oxygen atoms in total. The first-order valence-corrected chi connectivity index (χ1v) is 9.52. The van der Waals surface area contributed by atoms with E-state index in [2.05, 4.69) is 5.32 Å². The average Bonchev–Trinajstić information content (AvgIpc) is 2.71. The standard InChI is InChI=1S/C23H27NO5/c1-15(2)21(24-23(27)29-13-18-8-6-5-7-9-18)22(26)28-14-20(25)19-11-10-16(3)17(4)12-19/h5-12,15,21H,13-14H2,1-4H3,(H,24,27)/t21-/m0/s1. The number of aryl methyl sites for hydroxylation is 2. The molecular formula is C23H27NO5. The van der Waals surface area contributed by atoms with E-state index in [1.165, 1.54) is 0 Å². The van der Waals surface area contributed by atoms with Gasteiger partial charge in [0.2, 0.25) is 0 Å². The minimum Gasteiger partial charge on any atom is -0.456 e. The number of ketones is 1. The van der Waals surface area contributed by atoms with Gasteiger partial charge in [0, 0.05) is 5.56 Å². The van der Waals surface area contributed by atoms with E-state index < -0.39 is 18.1 Å². The number of ether oxygens (including phenoxy) is 2.